The number of amides is 1. The van der Waals surface area contributed by atoms with Gasteiger partial charge in [-0.25, -0.2) is 8.42 Å². The molecule has 8 nitrogen and oxygen atoms in total. The van der Waals surface area contributed by atoms with Crippen LogP contribution in [0.4, 0.5) is 0 Å². The second-order valence-corrected chi connectivity index (χ2v) is 10.1. The van der Waals surface area contributed by atoms with Crippen molar-refractivity contribution < 1.29 is 27.4 Å². The Bertz CT molecular complexity index is 1380. The average molecular weight is 473 g/mol. The van der Waals surface area contributed by atoms with Gasteiger partial charge < -0.3 is 18.8 Å². The van der Waals surface area contributed by atoms with Crippen LogP contribution in [0.2, 0.25) is 0 Å². The predicted octanol–water partition coefficient (Wildman–Crippen LogP) is 2.75. The van der Waals surface area contributed by atoms with Crippen molar-refractivity contribution in [3.63, 3.8) is 0 Å². The number of nitrogens with zero attached hydrogens (tertiary/aromatic N) is 2. The van der Waals surface area contributed by atoms with Gasteiger partial charge in [-0.3, -0.25) is 4.79 Å². The maximum Gasteiger partial charge on any atom is 0.248 e. The first-order valence-corrected chi connectivity index (χ1v) is 12.2. The summed E-state index contributed by atoms with van der Waals surface area (Å²) in [5, 5.41) is 0. The lowest BCUT2D eigenvalue weighted by Crippen LogP contribution is -2.17. The summed E-state index contributed by atoms with van der Waals surface area (Å²) in [4.78, 5) is 17.3. The lowest BCUT2D eigenvalue weighted by molar-refractivity contribution is -0.118. The normalized spacial score (nSPS) is 13.3. The van der Waals surface area contributed by atoms with Gasteiger partial charge in [0.2, 0.25) is 12.7 Å². The number of fused-ring (bicyclic) bond motifs is 2. The summed E-state index contributed by atoms with van der Waals surface area (Å²) in [6.07, 6.45) is 5.66. The average Bonchev–Trinajstić information content (AvgIpc) is 3.36. The van der Waals surface area contributed by atoms with Crippen LogP contribution in [0, 0.1) is 12.3 Å². The second kappa shape index (κ2) is 9.06. The molecule has 0 unspecified atom stereocenters. The van der Waals surface area contributed by atoms with Crippen LogP contribution >= 0.6 is 11.3 Å². The molecule has 0 fully saturated rings. The van der Waals surface area contributed by atoms with Gasteiger partial charge in [-0.2, -0.15) is 4.99 Å². The van der Waals surface area contributed by atoms with Crippen molar-refractivity contribution in [3.05, 3.63) is 41.2 Å². The number of rotatable bonds is 7. The second-order valence-electron chi connectivity index (χ2n) is 6.95. The van der Waals surface area contributed by atoms with E-state index in [0.29, 0.717) is 22.0 Å². The summed E-state index contributed by atoms with van der Waals surface area (Å²) in [5.74, 6) is 3.83. The molecular weight excluding hydrogens is 452 g/mol. The van der Waals surface area contributed by atoms with Gasteiger partial charge in [-0.1, -0.05) is 17.3 Å². The number of thiazole rings is 1. The summed E-state index contributed by atoms with van der Waals surface area (Å²) in [7, 11) is -1.99. The molecule has 10 heteroatoms. The molecule has 0 bridgehead atoms. The molecular formula is C22H20N2O6S2. The smallest absolute Gasteiger partial charge is 0.248 e. The van der Waals surface area contributed by atoms with Crippen molar-refractivity contribution in [2.24, 2.45) is 4.99 Å². The van der Waals surface area contributed by atoms with Gasteiger partial charge in [0.25, 0.3) is 0 Å². The van der Waals surface area contributed by atoms with E-state index in [9.17, 15) is 13.2 Å². The number of sulfone groups is 1. The van der Waals surface area contributed by atoms with E-state index in [1.54, 1.807) is 16.7 Å². The standard InChI is InChI=1S/C22H20N2O6S2/c1-3-10-24-17-12-18-19(30-14-29-18)13-20(17)31-22(24)23-21(25)5-4-11-32(26,27)16-8-6-15(28-2)7-9-16/h1,6-9,12-13H,4-5,10-11,14H2,2H3. The van der Waals surface area contributed by atoms with Crippen LogP contribution in [0.15, 0.2) is 46.3 Å². The third kappa shape index (κ3) is 4.49. The maximum atomic E-state index is 12.5. The predicted molar refractivity (Wildman–Crippen MR) is 120 cm³/mol. The van der Waals surface area contributed by atoms with Crippen LogP contribution in [-0.2, 0) is 21.2 Å². The molecule has 4 rings (SSSR count). The molecule has 0 N–H and O–H groups in total. The van der Waals surface area contributed by atoms with Crippen LogP contribution in [0.3, 0.4) is 0 Å². The minimum Gasteiger partial charge on any atom is -0.497 e. The van der Waals surface area contributed by atoms with Gasteiger partial charge in [0.15, 0.2) is 26.1 Å². The Kier molecular flexibility index (Phi) is 6.21. The fourth-order valence-corrected chi connectivity index (χ4v) is 5.63. The van der Waals surface area contributed by atoms with Crippen LogP contribution < -0.4 is 19.0 Å². The van der Waals surface area contributed by atoms with Gasteiger partial charge >= 0.3 is 0 Å². The number of aromatic nitrogens is 1. The third-order valence-corrected chi connectivity index (χ3v) is 7.73. The highest BCUT2D eigenvalue weighted by Gasteiger charge is 2.18. The monoisotopic (exact) mass is 472 g/mol. The molecule has 0 spiro atoms. The van der Waals surface area contributed by atoms with Crippen molar-refractivity contribution in [3.8, 4) is 29.6 Å². The molecule has 3 aromatic rings. The Morgan fingerprint density at radius 3 is 2.66 bits per heavy atom. The van der Waals surface area contributed by atoms with E-state index < -0.39 is 15.7 Å². The van der Waals surface area contributed by atoms with Crippen LogP contribution in [-0.4, -0.2) is 38.5 Å². The van der Waals surface area contributed by atoms with Gasteiger partial charge in [0, 0.05) is 18.6 Å². The summed E-state index contributed by atoms with van der Waals surface area (Å²) in [6, 6.07) is 9.81. The van der Waals surface area contributed by atoms with Gasteiger partial charge in [0.1, 0.15) is 5.75 Å². The zero-order chi connectivity index (χ0) is 22.7. The van der Waals surface area contributed by atoms with Crippen molar-refractivity contribution in [2.45, 2.75) is 24.3 Å². The van der Waals surface area contributed by atoms with E-state index >= 15 is 0 Å². The maximum absolute atomic E-state index is 12.5. The summed E-state index contributed by atoms with van der Waals surface area (Å²) in [5.41, 5.74) is 0.797. The fraction of sp³-hybridized carbons (Fsp3) is 0.273. The first-order valence-electron chi connectivity index (χ1n) is 9.72. The number of carbonyl (C=O) groups excluding carboxylic acids is 1. The van der Waals surface area contributed by atoms with Gasteiger partial charge in [-0.05, 0) is 30.7 Å². The minimum absolute atomic E-state index is 0.00239. The molecule has 1 amide bonds. The van der Waals surface area contributed by atoms with Crippen LogP contribution in [0.25, 0.3) is 10.2 Å². The number of hydrogen-bond acceptors (Lipinski definition) is 7. The van der Waals surface area contributed by atoms with Crippen molar-refractivity contribution in [1.29, 1.82) is 0 Å². The number of hydrogen-bond donors (Lipinski definition) is 0. The Hall–Kier alpha value is -3.29. The number of methoxy groups -OCH3 is 1. The molecule has 0 saturated carbocycles. The molecule has 166 valence electrons. The number of carbonyl (C=O) groups is 1. The zero-order valence-electron chi connectivity index (χ0n) is 17.2. The third-order valence-electron chi connectivity index (χ3n) is 4.87. The molecule has 32 heavy (non-hydrogen) atoms. The Morgan fingerprint density at radius 2 is 1.97 bits per heavy atom. The van der Waals surface area contributed by atoms with Gasteiger partial charge in [-0.15, -0.1) is 6.42 Å². The molecule has 1 aromatic heterocycles. The van der Waals surface area contributed by atoms with E-state index in [2.05, 4.69) is 10.9 Å². The van der Waals surface area contributed by atoms with Crippen LogP contribution in [0.5, 0.6) is 17.2 Å². The fourth-order valence-electron chi connectivity index (χ4n) is 3.27. The first-order chi connectivity index (χ1) is 15.4. The molecule has 2 heterocycles. The summed E-state index contributed by atoms with van der Waals surface area (Å²) in [6.45, 7) is 0.397. The Morgan fingerprint density at radius 1 is 1.25 bits per heavy atom. The topological polar surface area (TPSA) is 96.2 Å². The molecule has 1 aliphatic heterocycles. The van der Waals surface area contributed by atoms with E-state index in [0.717, 1.165) is 10.2 Å². The highest BCUT2D eigenvalue weighted by molar-refractivity contribution is 7.91. The van der Waals surface area contributed by atoms with Crippen molar-refractivity contribution in [2.75, 3.05) is 19.7 Å². The first kappa shape index (κ1) is 21.9. The molecule has 0 radical (unpaired) electrons. The van der Waals surface area contributed by atoms with E-state index in [4.69, 9.17) is 20.6 Å². The van der Waals surface area contributed by atoms with Crippen molar-refractivity contribution >= 4 is 37.3 Å². The number of ether oxygens (including phenoxy) is 3. The highest BCUT2D eigenvalue weighted by atomic mass is 32.2. The number of benzene rings is 2. The summed E-state index contributed by atoms with van der Waals surface area (Å²) >= 11 is 1.31. The Labute approximate surface area is 189 Å². The molecule has 0 atom stereocenters. The SMILES string of the molecule is C#CCn1c(=NC(=O)CCCS(=O)(=O)c2ccc(OC)cc2)sc2cc3c(cc21)OCO3. The minimum atomic E-state index is -3.50. The highest BCUT2D eigenvalue weighted by Crippen LogP contribution is 2.36. The quantitative estimate of drug-likeness (QED) is 0.491. The van der Waals surface area contributed by atoms with Crippen molar-refractivity contribution in [1.82, 2.24) is 4.57 Å². The van der Waals surface area contributed by atoms with Gasteiger partial charge in [0.05, 0.1) is 34.5 Å². The lowest BCUT2D eigenvalue weighted by atomic mass is 10.3. The molecule has 2 aromatic carbocycles. The largest absolute Gasteiger partial charge is 0.497 e. The number of terminal acetylenes is 1. The molecule has 0 aliphatic carbocycles. The lowest BCUT2D eigenvalue weighted by Gasteiger charge is -2.05. The molecule has 0 saturated heterocycles. The summed E-state index contributed by atoms with van der Waals surface area (Å²) < 4.78 is 43.5. The van der Waals surface area contributed by atoms with E-state index in [1.165, 1.54) is 30.6 Å². The van der Waals surface area contributed by atoms with Crippen LogP contribution in [0.1, 0.15) is 12.8 Å². The van der Waals surface area contributed by atoms with E-state index in [1.807, 2.05) is 12.1 Å². The Balaban J connectivity index is 1.49. The molecule has 1 aliphatic rings. The van der Waals surface area contributed by atoms with E-state index in [-0.39, 0.29) is 36.8 Å². The zero-order valence-corrected chi connectivity index (χ0v) is 18.9.